The molecule has 1 N–H and O–H groups in total. The minimum atomic E-state index is -0.878. The number of hydrogen-bond acceptors (Lipinski definition) is 6. The van der Waals surface area contributed by atoms with E-state index < -0.39 is 18.1 Å². The second kappa shape index (κ2) is 41.0. The van der Waals surface area contributed by atoms with E-state index in [1.54, 1.807) is 0 Å². The van der Waals surface area contributed by atoms with Crippen LogP contribution in [0.15, 0.2) is 48.6 Å². The van der Waals surface area contributed by atoms with Crippen LogP contribution in [-0.2, 0) is 28.6 Å². The zero-order valence-electron chi connectivity index (χ0n) is 38.2. The first-order valence-corrected chi connectivity index (χ1v) is 23.7. The molecule has 0 aliphatic carbocycles. The fourth-order valence-corrected chi connectivity index (χ4v) is 6.81. The SMILES string of the molecule is CC/C=C/C/C=C/C/C=C/CCCCCCCCCCCCC(=O)OC(COCCC(C(=O)O)[N+](C)(C)C)COC(=O)CCCCC/C=C/CCCCCCCCC. The molecule has 58 heavy (non-hydrogen) atoms. The van der Waals surface area contributed by atoms with Crippen LogP contribution >= 0.6 is 0 Å². The summed E-state index contributed by atoms with van der Waals surface area (Å²) in [6, 6.07) is -0.618. The van der Waals surface area contributed by atoms with Crippen LogP contribution < -0.4 is 0 Å². The van der Waals surface area contributed by atoms with Gasteiger partial charge >= 0.3 is 17.9 Å². The van der Waals surface area contributed by atoms with Crippen molar-refractivity contribution in [3.05, 3.63) is 48.6 Å². The first-order valence-electron chi connectivity index (χ1n) is 23.7. The number of nitrogens with zero attached hydrogens (tertiary/aromatic N) is 1. The zero-order valence-corrected chi connectivity index (χ0v) is 38.2. The highest BCUT2D eigenvalue weighted by Gasteiger charge is 2.31. The van der Waals surface area contributed by atoms with Gasteiger partial charge in [0.15, 0.2) is 12.1 Å². The van der Waals surface area contributed by atoms with E-state index in [2.05, 4.69) is 62.5 Å². The molecule has 0 rings (SSSR count). The lowest BCUT2D eigenvalue weighted by Crippen LogP contribution is -2.50. The predicted molar refractivity (Wildman–Crippen MR) is 243 cm³/mol. The standard InChI is InChI=1S/C50H89NO7/c1-6-8-10-12-14-16-18-20-22-23-24-25-26-27-29-31-33-35-37-39-41-49(53)58-46(44-56-43-42-47(50(54)55)51(3,4)5)45-57-48(52)40-38-36-34-32-30-28-21-19-17-15-13-11-9-7-2/h8,10,14,16,20,22,28,30,46-47H,6-7,9,11-13,15,17-19,21,23-27,29,31-45H2,1-5H3/p+1/b10-8+,16-14+,22-20+,30-28+. The predicted octanol–water partition coefficient (Wildman–Crippen LogP) is 13.2. The minimum Gasteiger partial charge on any atom is -0.477 e. The summed E-state index contributed by atoms with van der Waals surface area (Å²) in [5, 5.41) is 9.63. The molecule has 8 nitrogen and oxygen atoms in total. The van der Waals surface area contributed by atoms with Crippen molar-refractivity contribution < 1.29 is 38.2 Å². The normalized spacial score (nSPS) is 13.3. The van der Waals surface area contributed by atoms with Crippen molar-refractivity contribution >= 4 is 17.9 Å². The third-order valence-corrected chi connectivity index (χ3v) is 10.5. The number of likely N-dealkylation sites (N-methyl/N-ethyl adjacent to an activating group) is 1. The van der Waals surface area contributed by atoms with E-state index in [1.807, 2.05) is 21.1 Å². The maximum atomic E-state index is 12.8. The Morgan fingerprint density at radius 1 is 0.534 bits per heavy atom. The van der Waals surface area contributed by atoms with Crippen LogP contribution in [0.3, 0.4) is 0 Å². The van der Waals surface area contributed by atoms with Crippen LogP contribution in [-0.4, -0.2) is 80.6 Å². The quantitative estimate of drug-likeness (QED) is 0.0283. The Kier molecular flexibility index (Phi) is 39.1. The zero-order chi connectivity index (χ0) is 42.8. The van der Waals surface area contributed by atoms with Crippen molar-refractivity contribution in [3.63, 3.8) is 0 Å². The Bertz CT molecular complexity index is 1090. The molecular formula is C50H90NO7+. The summed E-state index contributed by atoms with van der Waals surface area (Å²) < 4.78 is 17.3. The Balaban J connectivity index is 4.30. The Hall–Kier alpha value is -2.71. The smallest absolute Gasteiger partial charge is 0.362 e. The number of allylic oxidation sites excluding steroid dienone is 8. The fraction of sp³-hybridized carbons (Fsp3) is 0.780. The molecule has 2 unspecified atom stereocenters. The number of unbranched alkanes of at least 4 members (excludes halogenated alkanes) is 20. The van der Waals surface area contributed by atoms with Gasteiger partial charge in [-0.15, -0.1) is 0 Å². The molecule has 0 aromatic heterocycles. The van der Waals surface area contributed by atoms with Gasteiger partial charge in [-0.05, 0) is 70.6 Å². The number of carboxylic acids is 1. The van der Waals surface area contributed by atoms with Crippen LogP contribution in [0.25, 0.3) is 0 Å². The van der Waals surface area contributed by atoms with Gasteiger partial charge in [0, 0.05) is 19.3 Å². The maximum Gasteiger partial charge on any atom is 0.362 e. The summed E-state index contributed by atoms with van der Waals surface area (Å²) in [7, 11) is 5.52. The van der Waals surface area contributed by atoms with Gasteiger partial charge in [0.2, 0.25) is 0 Å². The average molecular weight is 817 g/mol. The Labute approximate surface area is 356 Å². The minimum absolute atomic E-state index is 0.0550. The van der Waals surface area contributed by atoms with E-state index in [-0.39, 0.29) is 36.2 Å². The largest absolute Gasteiger partial charge is 0.477 e. The lowest BCUT2D eigenvalue weighted by Gasteiger charge is -2.31. The van der Waals surface area contributed by atoms with E-state index in [1.165, 1.54) is 96.3 Å². The topological polar surface area (TPSA) is 99.1 Å². The second-order valence-corrected chi connectivity index (χ2v) is 17.0. The van der Waals surface area contributed by atoms with Crippen LogP contribution in [0.2, 0.25) is 0 Å². The van der Waals surface area contributed by atoms with Crippen molar-refractivity contribution in [2.75, 3.05) is 41.0 Å². The molecule has 0 heterocycles. The van der Waals surface area contributed by atoms with E-state index in [9.17, 15) is 19.5 Å². The third-order valence-electron chi connectivity index (χ3n) is 10.5. The molecular weight excluding hydrogens is 727 g/mol. The number of hydrogen-bond donors (Lipinski definition) is 1. The number of carboxylic acid groups (broad SMARTS) is 1. The number of ether oxygens (including phenoxy) is 3. The summed E-state index contributed by atoms with van der Waals surface area (Å²) in [6.07, 6.45) is 48.7. The van der Waals surface area contributed by atoms with Crippen molar-refractivity contribution in [2.45, 2.75) is 212 Å². The highest BCUT2D eigenvalue weighted by Crippen LogP contribution is 2.15. The molecule has 0 saturated heterocycles. The summed E-state index contributed by atoms with van der Waals surface area (Å²) in [6.45, 7) is 4.61. The molecule has 0 fully saturated rings. The van der Waals surface area contributed by atoms with Gasteiger partial charge < -0.3 is 23.8 Å². The van der Waals surface area contributed by atoms with Crippen molar-refractivity contribution in [3.8, 4) is 0 Å². The van der Waals surface area contributed by atoms with Gasteiger partial charge in [-0.2, -0.15) is 0 Å². The number of aliphatic carboxylic acids is 1. The van der Waals surface area contributed by atoms with Crippen LogP contribution in [0.5, 0.6) is 0 Å². The summed E-state index contributed by atoms with van der Waals surface area (Å²) in [5.41, 5.74) is 0. The van der Waals surface area contributed by atoms with E-state index in [0.29, 0.717) is 19.3 Å². The van der Waals surface area contributed by atoms with E-state index >= 15 is 0 Å². The van der Waals surface area contributed by atoms with Gasteiger partial charge in [0.1, 0.15) is 6.61 Å². The van der Waals surface area contributed by atoms with E-state index in [4.69, 9.17) is 14.2 Å². The van der Waals surface area contributed by atoms with Crippen molar-refractivity contribution in [1.82, 2.24) is 0 Å². The summed E-state index contributed by atoms with van der Waals surface area (Å²) >= 11 is 0. The molecule has 0 bridgehead atoms. The molecule has 0 amide bonds. The van der Waals surface area contributed by atoms with Crippen LogP contribution in [0.1, 0.15) is 200 Å². The van der Waals surface area contributed by atoms with Gasteiger partial charge in [-0.3, -0.25) is 9.59 Å². The summed E-state index contributed by atoms with van der Waals surface area (Å²) in [5.74, 6) is -1.49. The molecule has 0 spiro atoms. The van der Waals surface area contributed by atoms with Crippen LogP contribution in [0, 0.1) is 0 Å². The first kappa shape index (κ1) is 55.3. The third kappa shape index (κ3) is 38.8. The van der Waals surface area contributed by atoms with Gasteiger partial charge in [-0.25, -0.2) is 4.79 Å². The van der Waals surface area contributed by atoms with Crippen molar-refractivity contribution in [1.29, 1.82) is 0 Å². The monoisotopic (exact) mass is 817 g/mol. The number of carbonyl (C=O) groups excluding carboxylic acids is 2. The number of quaternary nitrogens is 1. The fourth-order valence-electron chi connectivity index (χ4n) is 6.81. The lowest BCUT2D eigenvalue weighted by molar-refractivity contribution is -0.887. The number of carbonyl (C=O) groups is 3. The molecule has 0 aliphatic rings. The van der Waals surface area contributed by atoms with E-state index in [0.717, 1.165) is 70.6 Å². The van der Waals surface area contributed by atoms with Crippen molar-refractivity contribution in [2.24, 2.45) is 0 Å². The maximum absolute atomic E-state index is 12.8. The Morgan fingerprint density at radius 2 is 0.966 bits per heavy atom. The highest BCUT2D eigenvalue weighted by atomic mass is 16.6. The number of rotatable bonds is 42. The average Bonchev–Trinajstić information content (AvgIpc) is 3.18. The lowest BCUT2D eigenvalue weighted by atomic mass is 10.0. The highest BCUT2D eigenvalue weighted by molar-refractivity contribution is 5.72. The molecule has 336 valence electrons. The number of esters is 2. The molecule has 0 aliphatic heterocycles. The molecule has 0 radical (unpaired) electrons. The van der Waals surface area contributed by atoms with Gasteiger partial charge in [0.05, 0.1) is 34.4 Å². The molecule has 0 aromatic carbocycles. The Morgan fingerprint density at radius 3 is 1.47 bits per heavy atom. The molecule has 0 saturated carbocycles. The molecule has 8 heteroatoms. The molecule has 2 atom stereocenters. The van der Waals surface area contributed by atoms with Crippen LogP contribution in [0.4, 0.5) is 0 Å². The molecule has 0 aromatic rings. The second-order valence-electron chi connectivity index (χ2n) is 17.0. The van der Waals surface area contributed by atoms with Gasteiger partial charge in [-0.1, -0.05) is 159 Å². The van der Waals surface area contributed by atoms with Gasteiger partial charge in [0.25, 0.3) is 0 Å². The first-order chi connectivity index (χ1) is 28.1. The summed E-state index contributed by atoms with van der Waals surface area (Å²) in [4.78, 5) is 37.0.